The van der Waals surface area contributed by atoms with Crippen LogP contribution < -0.4 is 15.4 Å². The third kappa shape index (κ3) is 2.81. The number of hydrogen-bond acceptors (Lipinski definition) is 4. The summed E-state index contributed by atoms with van der Waals surface area (Å²) in [5.74, 6) is -0.202. The Morgan fingerprint density at radius 3 is 2.71 bits per heavy atom. The predicted octanol–water partition coefficient (Wildman–Crippen LogP) is 1.81. The van der Waals surface area contributed by atoms with Crippen LogP contribution in [0, 0.1) is 6.92 Å². The third-order valence-corrected chi connectivity index (χ3v) is 4.63. The predicted molar refractivity (Wildman–Crippen MR) is 87.8 cm³/mol. The van der Waals surface area contributed by atoms with Gasteiger partial charge in [0.15, 0.2) is 0 Å². The molecular weight excluding hydrogens is 310 g/mol. The summed E-state index contributed by atoms with van der Waals surface area (Å²) in [5.41, 5.74) is 0.689. The second kappa shape index (κ2) is 6.14. The van der Waals surface area contributed by atoms with Crippen LogP contribution in [0.1, 0.15) is 31.2 Å². The van der Waals surface area contributed by atoms with Crippen molar-refractivity contribution < 1.29 is 19.1 Å². The number of carbonyl (C=O) groups excluding carboxylic acids is 3. The molecule has 0 unspecified atom stereocenters. The Morgan fingerprint density at radius 1 is 1.33 bits per heavy atom. The fourth-order valence-corrected chi connectivity index (χ4v) is 3.39. The second-order valence-corrected chi connectivity index (χ2v) is 6.36. The Labute approximate surface area is 140 Å². The van der Waals surface area contributed by atoms with E-state index in [4.69, 9.17) is 4.74 Å². The van der Waals surface area contributed by atoms with Crippen LogP contribution in [0.2, 0.25) is 0 Å². The maximum atomic E-state index is 12.5. The van der Waals surface area contributed by atoms with Crippen molar-refractivity contribution in [2.24, 2.45) is 0 Å². The van der Waals surface area contributed by atoms with E-state index in [0.717, 1.165) is 23.3 Å². The number of ether oxygens (including phenoxy) is 1. The lowest BCUT2D eigenvalue weighted by Crippen LogP contribution is -2.44. The highest BCUT2D eigenvalue weighted by Gasteiger charge is 2.52. The minimum absolute atomic E-state index is 0.295. The molecule has 7 heteroatoms. The summed E-state index contributed by atoms with van der Waals surface area (Å²) in [4.78, 5) is 37.9. The van der Waals surface area contributed by atoms with E-state index < -0.39 is 17.5 Å². The average molecular weight is 331 g/mol. The number of methoxy groups -OCH3 is 1. The number of nitrogens with one attached hydrogen (secondary N) is 2. The molecule has 3 rings (SSSR count). The number of benzene rings is 1. The molecule has 7 nitrogen and oxygen atoms in total. The van der Waals surface area contributed by atoms with Crippen LogP contribution in [0.4, 0.5) is 10.5 Å². The van der Waals surface area contributed by atoms with E-state index in [1.54, 1.807) is 12.1 Å². The van der Waals surface area contributed by atoms with Gasteiger partial charge in [0.2, 0.25) is 5.91 Å². The normalized spacial score (nSPS) is 18.8. The number of amides is 4. The van der Waals surface area contributed by atoms with Gasteiger partial charge >= 0.3 is 6.03 Å². The number of urea groups is 1. The molecule has 0 radical (unpaired) electrons. The largest absolute Gasteiger partial charge is 0.495 e. The van der Waals surface area contributed by atoms with Crippen molar-refractivity contribution in [3.05, 3.63) is 23.8 Å². The first-order valence-electron chi connectivity index (χ1n) is 8.04. The lowest BCUT2D eigenvalue weighted by molar-refractivity contribution is -0.133. The summed E-state index contributed by atoms with van der Waals surface area (Å²) in [7, 11) is 1.52. The Bertz CT molecular complexity index is 695. The molecule has 1 aromatic rings. The third-order valence-electron chi connectivity index (χ3n) is 4.63. The summed E-state index contributed by atoms with van der Waals surface area (Å²) in [5, 5.41) is 5.47. The van der Waals surface area contributed by atoms with Crippen molar-refractivity contribution in [1.82, 2.24) is 10.2 Å². The molecule has 2 fully saturated rings. The second-order valence-electron chi connectivity index (χ2n) is 6.36. The van der Waals surface area contributed by atoms with Crippen LogP contribution in [-0.2, 0) is 9.59 Å². The number of rotatable bonds is 4. The number of anilines is 1. The molecule has 0 atom stereocenters. The highest BCUT2D eigenvalue weighted by Crippen LogP contribution is 2.35. The molecule has 1 spiro atoms. The van der Waals surface area contributed by atoms with Crippen molar-refractivity contribution in [1.29, 1.82) is 0 Å². The molecule has 24 heavy (non-hydrogen) atoms. The minimum atomic E-state index is -0.793. The van der Waals surface area contributed by atoms with Gasteiger partial charge in [0, 0.05) is 0 Å². The van der Waals surface area contributed by atoms with Gasteiger partial charge in [0.1, 0.15) is 17.8 Å². The zero-order valence-corrected chi connectivity index (χ0v) is 13.8. The molecule has 1 aliphatic carbocycles. The summed E-state index contributed by atoms with van der Waals surface area (Å²) in [6, 6.07) is 4.91. The lowest BCUT2D eigenvalue weighted by atomic mass is 9.98. The van der Waals surface area contributed by atoms with Crippen molar-refractivity contribution in [3.63, 3.8) is 0 Å². The van der Waals surface area contributed by atoms with Gasteiger partial charge in [-0.15, -0.1) is 0 Å². The van der Waals surface area contributed by atoms with Gasteiger partial charge < -0.3 is 15.4 Å². The van der Waals surface area contributed by atoms with Crippen LogP contribution in [0.25, 0.3) is 0 Å². The van der Waals surface area contributed by atoms with E-state index in [9.17, 15) is 14.4 Å². The Balaban J connectivity index is 1.70. The Hall–Kier alpha value is -2.57. The van der Waals surface area contributed by atoms with Crippen LogP contribution in [0.3, 0.4) is 0 Å². The number of nitrogens with zero attached hydrogens (tertiary/aromatic N) is 1. The summed E-state index contributed by atoms with van der Waals surface area (Å²) in [6.07, 6.45) is 3.10. The molecule has 1 aromatic carbocycles. The molecule has 2 aliphatic rings. The summed E-state index contributed by atoms with van der Waals surface area (Å²) < 4.78 is 5.22. The van der Waals surface area contributed by atoms with Gasteiger partial charge in [-0.3, -0.25) is 14.5 Å². The van der Waals surface area contributed by atoms with Crippen molar-refractivity contribution >= 4 is 23.5 Å². The van der Waals surface area contributed by atoms with Crippen molar-refractivity contribution in [2.75, 3.05) is 19.0 Å². The van der Waals surface area contributed by atoms with Crippen molar-refractivity contribution in [3.8, 4) is 5.75 Å². The first-order chi connectivity index (χ1) is 11.4. The van der Waals surface area contributed by atoms with Crippen LogP contribution in [-0.4, -0.2) is 41.9 Å². The van der Waals surface area contributed by atoms with Crippen LogP contribution in [0.5, 0.6) is 5.75 Å². The van der Waals surface area contributed by atoms with Crippen LogP contribution in [0.15, 0.2) is 18.2 Å². The average Bonchev–Trinajstić information content (AvgIpc) is 3.09. The lowest BCUT2D eigenvalue weighted by Gasteiger charge is -2.20. The van der Waals surface area contributed by atoms with Gasteiger partial charge in [-0.25, -0.2) is 4.79 Å². The first-order valence-corrected chi connectivity index (χ1v) is 8.04. The van der Waals surface area contributed by atoms with Crippen LogP contribution >= 0.6 is 0 Å². The summed E-state index contributed by atoms with van der Waals surface area (Å²) >= 11 is 0. The molecule has 2 N–H and O–H groups in total. The molecule has 0 bridgehead atoms. The fourth-order valence-electron chi connectivity index (χ4n) is 3.39. The van der Waals surface area contributed by atoms with Gasteiger partial charge in [0.05, 0.1) is 12.8 Å². The monoisotopic (exact) mass is 331 g/mol. The van der Waals surface area contributed by atoms with E-state index in [1.165, 1.54) is 7.11 Å². The highest BCUT2D eigenvalue weighted by atomic mass is 16.5. The SMILES string of the molecule is COc1ccc(C)cc1NC(=O)CN1C(=O)NC2(CCCC2)C1=O. The molecule has 4 amide bonds. The maximum Gasteiger partial charge on any atom is 0.325 e. The van der Waals surface area contributed by atoms with E-state index in [0.29, 0.717) is 24.3 Å². The number of imide groups is 1. The number of aryl methyl sites for hydroxylation is 1. The minimum Gasteiger partial charge on any atom is -0.495 e. The van der Waals surface area contributed by atoms with Crippen molar-refractivity contribution in [2.45, 2.75) is 38.1 Å². The smallest absolute Gasteiger partial charge is 0.325 e. The Kier molecular flexibility index (Phi) is 4.17. The summed E-state index contributed by atoms with van der Waals surface area (Å²) in [6.45, 7) is 1.60. The molecule has 1 aliphatic heterocycles. The number of hydrogen-bond donors (Lipinski definition) is 2. The van der Waals surface area contributed by atoms with E-state index in [1.807, 2.05) is 13.0 Å². The zero-order valence-electron chi connectivity index (χ0n) is 13.8. The quantitative estimate of drug-likeness (QED) is 0.824. The van der Waals surface area contributed by atoms with Gasteiger partial charge in [-0.05, 0) is 37.5 Å². The number of carbonyl (C=O) groups is 3. The molecule has 1 saturated heterocycles. The maximum absolute atomic E-state index is 12.5. The molecule has 0 aromatic heterocycles. The standard InChI is InChI=1S/C17H21N3O4/c1-11-5-6-13(24-2)12(9-11)18-14(21)10-20-15(22)17(19-16(20)23)7-3-4-8-17/h5-6,9H,3-4,7-8,10H2,1-2H3,(H,18,21)(H,19,23). The van der Waals surface area contributed by atoms with E-state index in [-0.39, 0.29) is 12.5 Å². The van der Waals surface area contributed by atoms with Gasteiger partial charge in [0.25, 0.3) is 5.91 Å². The fraction of sp³-hybridized carbons (Fsp3) is 0.471. The highest BCUT2D eigenvalue weighted by molar-refractivity contribution is 6.10. The molecule has 1 saturated carbocycles. The first kappa shape index (κ1) is 16.3. The molecule has 128 valence electrons. The zero-order chi connectivity index (χ0) is 17.3. The molecule has 1 heterocycles. The molecular formula is C17H21N3O4. The van der Waals surface area contributed by atoms with Gasteiger partial charge in [-0.1, -0.05) is 18.9 Å². The topological polar surface area (TPSA) is 87.7 Å². The Morgan fingerprint density at radius 2 is 2.04 bits per heavy atom. The van der Waals surface area contributed by atoms with Gasteiger partial charge in [-0.2, -0.15) is 0 Å². The van der Waals surface area contributed by atoms with E-state index in [2.05, 4.69) is 10.6 Å². The van der Waals surface area contributed by atoms with E-state index >= 15 is 0 Å².